The molecule has 7 nitrogen and oxygen atoms in total. The number of ether oxygens (including phenoxy) is 1. The molecule has 0 radical (unpaired) electrons. The van der Waals surface area contributed by atoms with E-state index in [2.05, 4.69) is 20.3 Å². The molecule has 13 heteroatoms. The van der Waals surface area contributed by atoms with E-state index in [1.807, 2.05) is 0 Å². The van der Waals surface area contributed by atoms with Crippen molar-refractivity contribution in [2.75, 3.05) is 11.5 Å². The molecule has 0 N–H and O–H groups in total. The summed E-state index contributed by atoms with van der Waals surface area (Å²) in [6.45, 7) is 0. The molecule has 0 atom stereocenters. The first-order chi connectivity index (χ1) is 14.1. The Balaban J connectivity index is 1.58. The first-order valence-corrected chi connectivity index (χ1v) is 11.0. The normalized spacial score (nSPS) is 12.1. The topological polar surface area (TPSA) is 87.0 Å². The molecule has 3 rings (SSSR count). The van der Waals surface area contributed by atoms with Crippen molar-refractivity contribution in [1.82, 2.24) is 20.2 Å². The summed E-state index contributed by atoms with van der Waals surface area (Å²) in [5.41, 5.74) is 0.413. The van der Waals surface area contributed by atoms with Crippen LogP contribution in [0.25, 0.3) is 5.69 Å². The maximum absolute atomic E-state index is 12.9. The van der Waals surface area contributed by atoms with Gasteiger partial charge in [0.1, 0.15) is 11.6 Å². The molecule has 0 aliphatic carbocycles. The van der Waals surface area contributed by atoms with Gasteiger partial charge in [0.05, 0.1) is 16.3 Å². The average Bonchev–Trinajstić information content (AvgIpc) is 3.13. The Hall–Kier alpha value is -2.67. The van der Waals surface area contributed by atoms with Crippen molar-refractivity contribution in [3.05, 3.63) is 54.3 Å². The summed E-state index contributed by atoms with van der Waals surface area (Å²) in [6, 6.07) is 9.58. The van der Waals surface area contributed by atoms with Crippen molar-refractivity contribution in [1.29, 1.82) is 0 Å². The van der Waals surface area contributed by atoms with E-state index in [0.29, 0.717) is 16.6 Å². The zero-order chi connectivity index (χ0) is 21.8. The number of alkyl halides is 3. The highest BCUT2D eigenvalue weighted by Gasteiger charge is 2.31. The Morgan fingerprint density at radius 1 is 1.03 bits per heavy atom. The fourth-order valence-electron chi connectivity index (χ4n) is 2.39. The van der Waals surface area contributed by atoms with Crippen LogP contribution in [0.1, 0.15) is 6.42 Å². The van der Waals surface area contributed by atoms with Crippen molar-refractivity contribution in [3.63, 3.8) is 0 Å². The minimum Gasteiger partial charge on any atom is -0.406 e. The number of hydrogen-bond donors (Lipinski definition) is 0. The highest BCUT2D eigenvalue weighted by molar-refractivity contribution is 7.99. The maximum atomic E-state index is 12.9. The SMILES string of the molecule is O=S(=O)(CCCSc1nnnn1-c1ccc(OC(F)(F)F)cc1)c1ccc(F)cc1. The maximum Gasteiger partial charge on any atom is 0.573 e. The van der Waals surface area contributed by atoms with Gasteiger partial charge >= 0.3 is 6.36 Å². The molecule has 0 unspecified atom stereocenters. The van der Waals surface area contributed by atoms with Crippen molar-refractivity contribution in [3.8, 4) is 11.4 Å². The number of halogens is 4. The third kappa shape index (κ3) is 5.92. The van der Waals surface area contributed by atoms with Crippen LogP contribution in [0, 0.1) is 5.82 Å². The van der Waals surface area contributed by atoms with Gasteiger partial charge in [-0.15, -0.1) is 18.3 Å². The van der Waals surface area contributed by atoms with E-state index in [1.54, 1.807) is 0 Å². The lowest BCUT2D eigenvalue weighted by atomic mass is 10.3. The summed E-state index contributed by atoms with van der Waals surface area (Å²) in [5.74, 6) is -0.666. The van der Waals surface area contributed by atoms with E-state index in [-0.39, 0.29) is 22.8 Å². The molecule has 0 spiro atoms. The lowest BCUT2D eigenvalue weighted by molar-refractivity contribution is -0.274. The van der Waals surface area contributed by atoms with Gasteiger partial charge in [0.25, 0.3) is 0 Å². The number of aromatic nitrogens is 4. The Morgan fingerprint density at radius 3 is 2.33 bits per heavy atom. The predicted molar refractivity (Wildman–Crippen MR) is 99.6 cm³/mol. The van der Waals surface area contributed by atoms with E-state index >= 15 is 0 Å². The van der Waals surface area contributed by atoms with Crippen LogP contribution in [0.4, 0.5) is 17.6 Å². The van der Waals surface area contributed by atoms with Crippen LogP contribution in [0.2, 0.25) is 0 Å². The number of tetrazole rings is 1. The van der Waals surface area contributed by atoms with Crippen LogP contribution < -0.4 is 4.74 Å². The largest absolute Gasteiger partial charge is 0.573 e. The lowest BCUT2D eigenvalue weighted by Crippen LogP contribution is -2.17. The molecule has 0 amide bonds. The van der Waals surface area contributed by atoms with Crippen molar-refractivity contribution >= 4 is 21.6 Å². The smallest absolute Gasteiger partial charge is 0.406 e. The minimum absolute atomic E-state index is 0.0416. The monoisotopic (exact) mass is 462 g/mol. The van der Waals surface area contributed by atoms with Crippen LogP contribution in [0.3, 0.4) is 0 Å². The van der Waals surface area contributed by atoms with Gasteiger partial charge in [-0.25, -0.2) is 12.8 Å². The van der Waals surface area contributed by atoms with Crippen LogP contribution in [-0.2, 0) is 9.84 Å². The van der Waals surface area contributed by atoms with Crippen LogP contribution >= 0.6 is 11.8 Å². The van der Waals surface area contributed by atoms with Crippen LogP contribution in [0.15, 0.2) is 58.6 Å². The summed E-state index contributed by atoms with van der Waals surface area (Å²) < 4.78 is 79.3. The molecule has 1 heterocycles. The molecule has 30 heavy (non-hydrogen) atoms. The number of thioether (sulfide) groups is 1. The average molecular weight is 462 g/mol. The second-order valence-corrected chi connectivity index (χ2v) is 9.06. The summed E-state index contributed by atoms with van der Waals surface area (Å²) in [7, 11) is -3.54. The van der Waals surface area contributed by atoms with Gasteiger partial charge < -0.3 is 4.74 Å². The predicted octanol–water partition coefficient (Wildman–Crippen LogP) is 3.66. The van der Waals surface area contributed by atoms with Gasteiger partial charge in [-0.1, -0.05) is 11.8 Å². The lowest BCUT2D eigenvalue weighted by Gasteiger charge is -2.09. The van der Waals surface area contributed by atoms with E-state index in [1.165, 1.54) is 40.7 Å². The Labute approximate surface area is 173 Å². The number of hydrogen-bond acceptors (Lipinski definition) is 7. The van der Waals surface area contributed by atoms with Crippen molar-refractivity contribution < 1.29 is 30.7 Å². The second kappa shape index (κ2) is 9.00. The molecule has 2 aromatic carbocycles. The van der Waals surface area contributed by atoms with Gasteiger partial charge in [-0.05, 0) is 65.4 Å². The zero-order valence-electron chi connectivity index (χ0n) is 15.1. The summed E-state index contributed by atoms with van der Waals surface area (Å²) in [6.07, 6.45) is -4.50. The van der Waals surface area contributed by atoms with Gasteiger partial charge in [-0.3, -0.25) is 0 Å². The highest BCUT2D eigenvalue weighted by Crippen LogP contribution is 2.25. The number of sulfone groups is 1. The standard InChI is InChI=1S/C17H14F4N4O3S2/c18-12-2-8-15(9-3-12)30(26,27)11-1-10-29-16-22-23-24-25(16)13-4-6-14(7-5-13)28-17(19,20)21/h2-9H,1,10-11H2. The zero-order valence-corrected chi connectivity index (χ0v) is 16.7. The summed E-state index contributed by atoms with van der Waals surface area (Å²) >= 11 is 1.19. The quantitative estimate of drug-likeness (QED) is 0.219. The number of benzene rings is 2. The molecule has 0 bridgehead atoms. The molecule has 0 saturated carbocycles. The number of rotatable bonds is 8. The molecule has 3 aromatic rings. The minimum atomic E-state index is -4.79. The van der Waals surface area contributed by atoms with E-state index in [0.717, 1.165) is 24.3 Å². The van der Waals surface area contributed by atoms with E-state index < -0.39 is 22.0 Å². The van der Waals surface area contributed by atoms with Crippen molar-refractivity contribution in [2.45, 2.75) is 22.8 Å². The first kappa shape index (κ1) is 22.0. The van der Waals surface area contributed by atoms with Crippen LogP contribution in [0.5, 0.6) is 5.75 Å². The molecule has 1 aromatic heterocycles. The third-order valence-corrected chi connectivity index (χ3v) is 6.54. The molecule has 0 aliphatic rings. The fourth-order valence-corrected chi connectivity index (χ4v) is 4.72. The fraction of sp³-hybridized carbons (Fsp3) is 0.235. The molecule has 160 valence electrons. The highest BCUT2D eigenvalue weighted by atomic mass is 32.2. The van der Waals surface area contributed by atoms with Gasteiger partial charge in [0, 0.05) is 5.75 Å². The van der Waals surface area contributed by atoms with Gasteiger partial charge in [0.2, 0.25) is 5.16 Å². The third-order valence-electron chi connectivity index (χ3n) is 3.72. The number of nitrogens with zero attached hydrogens (tertiary/aromatic N) is 4. The van der Waals surface area contributed by atoms with Gasteiger partial charge in [-0.2, -0.15) is 4.68 Å². The first-order valence-electron chi connectivity index (χ1n) is 8.40. The Kier molecular flexibility index (Phi) is 6.61. The summed E-state index contributed by atoms with van der Waals surface area (Å²) in [4.78, 5) is 0.0416. The van der Waals surface area contributed by atoms with E-state index in [9.17, 15) is 26.0 Å². The molecular formula is C17H14F4N4O3S2. The van der Waals surface area contributed by atoms with Crippen LogP contribution in [-0.4, -0.2) is 46.5 Å². The Morgan fingerprint density at radius 2 is 1.70 bits per heavy atom. The molecule has 0 saturated heterocycles. The molecule has 0 aliphatic heterocycles. The van der Waals surface area contributed by atoms with Crippen molar-refractivity contribution in [2.24, 2.45) is 0 Å². The van der Waals surface area contributed by atoms with Gasteiger partial charge in [0.15, 0.2) is 9.84 Å². The van der Waals surface area contributed by atoms with E-state index in [4.69, 9.17) is 0 Å². The second-order valence-electron chi connectivity index (χ2n) is 5.89. The molecule has 0 fully saturated rings. The molecular weight excluding hydrogens is 448 g/mol. The summed E-state index contributed by atoms with van der Waals surface area (Å²) in [5, 5.41) is 11.5. The Bertz CT molecular complexity index is 1090.